The summed E-state index contributed by atoms with van der Waals surface area (Å²) < 4.78 is 0. The Morgan fingerprint density at radius 3 is 2.79 bits per heavy atom. The second kappa shape index (κ2) is 3.59. The van der Waals surface area contributed by atoms with Crippen LogP contribution >= 0.6 is 11.3 Å². The van der Waals surface area contributed by atoms with Gasteiger partial charge in [-0.05, 0) is 18.2 Å². The average molecular weight is 205 g/mol. The normalized spacial score (nSPS) is 10.0. The minimum absolute atomic E-state index is 0.351. The van der Waals surface area contributed by atoms with Gasteiger partial charge in [-0.1, -0.05) is 6.07 Å². The van der Waals surface area contributed by atoms with Crippen LogP contribution in [0.4, 0.5) is 0 Å². The Balaban J connectivity index is 2.39. The second-order valence-electron chi connectivity index (χ2n) is 2.71. The van der Waals surface area contributed by atoms with E-state index in [1.807, 2.05) is 12.1 Å². The first-order valence-electron chi connectivity index (χ1n) is 4.01. The maximum Gasteiger partial charge on any atom is 0.345 e. The molecule has 0 bridgehead atoms. The number of thiophene rings is 1. The van der Waals surface area contributed by atoms with Gasteiger partial charge in [0.2, 0.25) is 0 Å². The molecule has 0 aromatic carbocycles. The van der Waals surface area contributed by atoms with Crippen molar-refractivity contribution >= 4 is 17.3 Å². The lowest BCUT2D eigenvalue weighted by atomic mass is 10.2. The Labute approximate surface area is 84.7 Å². The van der Waals surface area contributed by atoms with Crippen molar-refractivity contribution in [3.63, 3.8) is 0 Å². The molecule has 2 aromatic heterocycles. The van der Waals surface area contributed by atoms with Crippen molar-refractivity contribution in [2.24, 2.45) is 0 Å². The first-order chi connectivity index (χ1) is 6.77. The molecule has 0 unspecified atom stereocenters. The first-order valence-corrected chi connectivity index (χ1v) is 4.82. The van der Waals surface area contributed by atoms with Crippen molar-refractivity contribution < 1.29 is 9.90 Å². The zero-order valence-electron chi connectivity index (χ0n) is 7.18. The minimum Gasteiger partial charge on any atom is -0.477 e. The zero-order chi connectivity index (χ0) is 9.97. The van der Waals surface area contributed by atoms with Crippen LogP contribution in [0.5, 0.6) is 0 Å². The summed E-state index contributed by atoms with van der Waals surface area (Å²) in [6.07, 6.45) is 3.41. The predicted molar refractivity (Wildman–Crippen MR) is 54.5 cm³/mol. The predicted octanol–water partition coefficient (Wildman–Crippen LogP) is 2.51. The maximum absolute atomic E-state index is 10.6. The lowest BCUT2D eigenvalue weighted by molar-refractivity contribution is 0.0702. The van der Waals surface area contributed by atoms with Gasteiger partial charge in [-0.15, -0.1) is 11.3 Å². The lowest BCUT2D eigenvalue weighted by Gasteiger charge is -1.93. The molecule has 1 N–H and O–H groups in total. The van der Waals surface area contributed by atoms with E-state index in [1.165, 1.54) is 11.3 Å². The van der Waals surface area contributed by atoms with Crippen LogP contribution in [-0.2, 0) is 0 Å². The second-order valence-corrected chi connectivity index (χ2v) is 3.79. The molecule has 0 amide bonds. The van der Waals surface area contributed by atoms with Crippen LogP contribution in [0.2, 0.25) is 0 Å². The van der Waals surface area contributed by atoms with Gasteiger partial charge >= 0.3 is 5.97 Å². The molecule has 0 saturated carbocycles. The smallest absolute Gasteiger partial charge is 0.345 e. The number of nitrogens with zero attached hydrogens (tertiary/aromatic N) is 1. The number of carboxylic acids is 1. The monoisotopic (exact) mass is 205 g/mol. The number of hydrogen-bond donors (Lipinski definition) is 1. The van der Waals surface area contributed by atoms with Crippen LogP contribution in [0.3, 0.4) is 0 Å². The van der Waals surface area contributed by atoms with Gasteiger partial charge < -0.3 is 5.11 Å². The van der Waals surface area contributed by atoms with Crippen molar-refractivity contribution in [1.29, 1.82) is 0 Å². The van der Waals surface area contributed by atoms with E-state index in [1.54, 1.807) is 24.5 Å². The number of carbonyl (C=O) groups is 1. The van der Waals surface area contributed by atoms with E-state index in [0.29, 0.717) is 4.88 Å². The van der Waals surface area contributed by atoms with Crippen LogP contribution in [0.1, 0.15) is 9.67 Å². The summed E-state index contributed by atoms with van der Waals surface area (Å²) in [5.74, 6) is -0.884. The summed E-state index contributed by atoms with van der Waals surface area (Å²) in [7, 11) is 0. The summed E-state index contributed by atoms with van der Waals surface area (Å²) >= 11 is 1.25. The molecule has 3 nitrogen and oxygen atoms in total. The molecular formula is C10H7NO2S. The molecule has 2 heterocycles. The van der Waals surface area contributed by atoms with Crippen LogP contribution < -0.4 is 0 Å². The third kappa shape index (κ3) is 1.65. The van der Waals surface area contributed by atoms with E-state index < -0.39 is 5.97 Å². The fourth-order valence-corrected chi connectivity index (χ4v) is 1.95. The summed E-state index contributed by atoms with van der Waals surface area (Å²) in [5.41, 5.74) is 0.949. The van der Waals surface area contributed by atoms with Crippen molar-refractivity contribution in [2.75, 3.05) is 0 Å². The third-order valence-electron chi connectivity index (χ3n) is 1.76. The largest absolute Gasteiger partial charge is 0.477 e. The standard InChI is InChI=1S/C10H7NO2S/c12-10(13)9-4-3-8(14-9)7-2-1-5-11-6-7/h1-6H,(H,12,13). The number of hydrogen-bond acceptors (Lipinski definition) is 3. The molecule has 0 aliphatic rings. The summed E-state index contributed by atoms with van der Waals surface area (Å²) in [6, 6.07) is 7.14. The fraction of sp³-hybridized carbons (Fsp3) is 0. The highest BCUT2D eigenvalue weighted by Crippen LogP contribution is 2.27. The highest BCUT2D eigenvalue weighted by molar-refractivity contribution is 7.17. The zero-order valence-corrected chi connectivity index (χ0v) is 7.99. The lowest BCUT2D eigenvalue weighted by Crippen LogP contribution is -1.89. The molecule has 2 rings (SSSR count). The quantitative estimate of drug-likeness (QED) is 0.819. The molecule has 0 aliphatic carbocycles. The van der Waals surface area contributed by atoms with Crippen LogP contribution in [0.25, 0.3) is 10.4 Å². The Bertz CT molecular complexity index is 450. The summed E-state index contributed by atoms with van der Waals surface area (Å²) in [6.45, 7) is 0. The van der Waals surface area contributed by atoms with Gasteiger partial charge in [0.05, 0.1) is 0 Å². The molecule has 4 heteroatoms. The molecule has 0 aliphatic heterocycles. The van der Waals surface area contributed by atoms with E-state index in [2.05, 4.69) is 4.98 Å². The van der Waals surface area contributed by atoms with E-state index in [0.717, 1.165) is 10.4 Å². The average Bonchev–Trinajstić information content (AvgIpc) is 2.68. The van der Waals surface area contributed by atoms with E-state index in [-0.39, 0.29) is 0 Å². The van der Waals surface area contributed by atoms with E-state index in [4.69, 9.17) is 5.11 Å². The van der Waals surface area contributed by atoms with Crippen molar-refractivity contribution in [2.45, 2.75) is 0 Å². The van der Waals surface area contributed by atoms with Gasteiger partial charge in [0, 0.05) is 22.8 Å². The molecule has 70 valence electrons. The Kier molecular flexibility index (Phi) is 2.28. The molecule has 14 heavy (non-hydrogen) atoms. The summed E-state index contributed by atoms with van der Waals surface area (Å²) in [5, 5.41) is 8.74. The van der Waals surface area contributed by atoms with E-state index >= 15 is 0 Å². The number of aromatic carboxylic acids is 1. The first kappa shape index (κ1) is 8.90. The van der Waals surface area contributed by atoms with E-state index in [9.17, 15) is 4.79 Å². The van der Waals surface area contributed by atoms with Gasteiger partial charge in [0.15, 0.2) is 0 Å². The van der Waals surface area contributed by atoms with Crippen molar-refractivity contribution in [3.8, 4) is 10.4 Å². The van der Waals surface area contributed by atoms with Crippen LogP contribution in [0, 0.1) is 0 Å². The molecule has 2 aromatic rings. The van der Waals surface area contributed by atoms with Crippen LogP contribution in [0.15, 0.2) is 36.7 Å². The van der Waals surface area contributed by atoms with Gasteiger partial charge in [-0.2, -0.15) is 0 Å². The molecule has 0 saturated heterocycles. The molecule has 0 fully saturated rings. The number of pyridine rings is 1. The molecule has 0 radical (unpaired) electrons. The van der Waals surface area contributed by atoms with Crippen molar-refractivity contribution in [1.82, 2.24) is 4.98 Å². The number of carboxylic acid groups (broad SMARTS) is 1. The molecule has 0 spiro atoms. The summed E-state index contributed by atoms with van der Waals surface area (Å²) in [4.78, 5) is 15.9. The SMILES string of the molecule is O=C(O)c1ccc(-c2cccnc2)s1. The Morgan fingerprint density at radius 1 is 1.36 bits per heavy atom. The number of aromatic nitrogens is 1. The number of rotatable bonds is 2. The maximum atomic E-state index is 10.6. The topological polar surface area (TPSA) is 50.2 Å². The highest BCUT2D eigenvalue weighted by atomic mass is 32.1. The molecular weight excluding hydrogens is 198 g/mol. The minimum atomic E-state index is -0.884. The molecule has 0 atom stereocenters. The van der Waals surface area contributed by atoms with Gasteiger partial charge in [0.1, 0.15) is 4.88 Å². The van der Waals surface area contributed by atoms with Crippen LogP contribution in [-0.4, -0.2) is 16.1 Å². The fourth-order valence-electron chi connectivity index (χ4n) is 1.12. The van der Waals surface area contributed by atoms with Gasteiger partial charge in [-0.25, -0.2) is 4.79 Å². The Hall–Kier alpha value is -1.68. The van der Waals surface area contributed by atoms with Crippen molar-refractivity contribution in [3.05, 3.63) is 41.5 Å². The van der Waals surface area contributed by atoms with Gasteiger partial charge in [0.25, 0.3) is 0 Å². The third-order valence-corrected chi connectivity index (χ3v) is 2.89. The van der Waals surface area contributed by atoms with Gasteiger partial charge in [-0.3, -0.25) is 4.98 Å². The Morgan fingerprint density at radius 2 is 2.21 bits per heavy atom. The highest BCUT2D eigenvalue weighted by Gasteiger charge is 2.07.